The van der Waals surface area contributed by atoms with Crippen LogP contribution in [0.25, 0.3) is 33.3 Å². The Bertz CT molecular complexity index is 1500. The topological polar surface area (TPSA) is 131 Å². The van der Waals surface area contributed by atoms with Crippen LogP contribution < -0.4 is 10.3 Å². The Morgan fingerprint density at radius 1 is 1.21 bits per heavy atom. The summed E-state index contributed by atoms with van der Waals surface area (Å²) in [6.45, 7) is 1.94. The minimum Gasteiger partial charge on any atom is -0.506 e. The van der Waals surface area contributed by atoms with Gasteiger partial charge in [0, 0.05) is 30.1 Å². The zero-order chi connectivity index (χ0) is 23.7. The fourth-order valence-corrected chi connectivity index (χ4v) is 3.70. The van der Waals surface area contributed by atoms with E-state index in [0.717, 1.165) is 0 Å². The van der Waals surface area contributed by atoms with Crippen LogP contribution in [0.4, 0.5) is 5.69 Å². The Kier molecular flexibility index (Phi) is 5.50. The van der Waals surface area contributed by atoms with Gasteiger partial charge in [0.25, 0.3) is 11.2 Å². The summed E-state index contributed by atoms with van der Waals surface area (Å²) in [7, 11) is 1.60. The second-order valence-corrected chi connectivity index (χ2v) is 7.19. The molecule has 0 spiro atoms. The molecule has 0 aliphatic carbocycles. The molecule has 2 aromatic heterocycles. The summed E-state index contributed by atoms with van der Waals surface area (Å²) in [5, 5.41) is 32.3. The number of hydrogen-bond donors (Lipinski definition) is 1. The quantitative estimate of drug-likeness (QED) is 0.363. The zero-order valence-corrected chi connectivity index (χ0v) is 17.8. The normalized spacial score (nSPS) is 10.7. The molecule has 0 atom stereocenters. The summed E-state index contributed by atoms with van der Waals surface area (Å²) in [6.07, 6.45) is 0. The molecule has 1 N–H and O–H groups in total. The third-order valence-corrected chi connectivity index (χ3v) is 5.30. The lowest BCUT2D eigenvalue weighted by atomic mass is 9.98. The van der Waals surface area contributed by atoms with Crippen LogP contribution in [0.2, 0.25) is 0 Å². The lowest BCUT2D eigenvalue weighted by Crippen LogP contribution is -2.20. The van der Waals surface area contributed by atoms with Crippen molar-refractivity contribution in [2.45, 2.75) is 6.92 Å². The minimum atomic E-state index is -0.518. The standard InChI is InChI=1S/C24H18N4O5/c1-3-33-23-18(13-25)17(14-8-10-15(11-9-14)28(31)32)12-19(26-23)21-22(29)16-6-4-5-7-20(16)27(2)24(21)30/h4-12,29H,3H2,1-2H3. The van der Waals surface area contributed by atoms with Gasteiger partial charge in [-0.3, -0.25) is 14.9 Å². The second kappa shape index (κ2) is 8.43. The first kappa shape index (κ1) is 21.5. The molecule has 0 bridgehead atoms. The maximum atomic E-state index is 13.2. The Balaban J connectivity index is 2.04. The number of aromatic nitrogens is 2. The average Bonchev–Trinajstić information content (AvgIpc) is 2.83. The summed E-state index contributed by atoms with van der Waals surface area (Å²) in [6, 6.07) is 16.2. The van der Waals surface area contributed by atoms with Gasteiger partial charge in [-0.2, -0.15) is 5.26 Å². The summed E-state index contributed by atoms with van der Waals surface area (Å²) < 4.78 is 6.99. The molecule has 0 aliphatic rings. The van der Waals surface area contributed by atoms with Crippen molar-refractivity contribution in [3.05, 3.63) is 80.6 Å². The van der Waals surface area contributed by atoms with Gasteiger partial charge in [-0.15, -0.1) is 0 Å². The molecule has 0 saturated heterocycles. The van der Waals surface area contributed by atoms with E-state index in [2.05, 4.69) is 11.1 Å². The SMILES string of the molecule is CCOc1nc(-c2c(O)c3ccccc3n(C)c2=O)cc(-c2ccc([N+](=O)[O-])cc2)c1C#N. The Labute approximate surface area is 187 Å². The highest BCUT2D eigenvalue weighted by atomic mass is 16.6. The number of para-hydroxylation sites is 1. The van der Waals surface area contributed by atoms with Crippen molar-refractivity contribution in [3.63, 3.8) is 0 Å². The molecule has 164 valence electrons. The number of nitro groups is 1. The first-order valence-corrected chi connectivity index (χ1v) is 10.0. The molecule has 2 heterocycles. The maximum Gasteiger partial charge on any atom is 0.269 e. The highest BCUT2D eigenvalue weighted by Crippen LogP contribution is 2.37. The van der Waals surface area contributed by atoms with E-state index in [4.69, 9.17) is 4.74 Å². The molecular formula is C24H18N4O5. The van der Waals surface area contributed by atoms with Crippen molar-refractivity contribution in [1.29, 1.82) is 5.26 Å². The molecule has 0 fully saturated rings. The predicted molar refractivity (Wildman–Crippen MR) is 122 cm³/mol. The van der Waals surface area contributed by atoms with E-state index < -0.39 is 10.5 Å². The molecule has 0 saturated carbocycles. The number of fused-ring (bicyclic) bond motifs is 1. The van der Waals surface area contributed by atoms with Crippen LogP contribution >= 0.6 is 0 Å². The highest BCUT2D eigenvalue weighted by Gasteiger charge is 2.22. The van der Waals surface area contributed by atoms with Crippen LogP contribution in [-0.2, 0) is 7.05 Å². The lowest BCUT2D eigenvalue weighted by Gasteiger charge is -2.15. The minimum absolute atomic E-state index is 0.000430. The van der Waals surface area contributed by atoms with Crippen LogP contribution in [0, 0.1) is 21.4 Å². The van der Waals surface area contributed by atoms with Crippen molar-refractivity contribution in [1.82, 2.24) is 9.55 Å². The highest BCUT2D eigenvalue weighted by molar-refractivity contribution is 5.92. The molecule has 0 amide bonds. The van der Waals surface area contributed by atoms with Crippen LogP contribution in [0.1, 0.15) is 12.5 Å². The van der Waals surface area contributed by atoms with Gasteiger partial charge >= 0.3 is 0 Å². The molecule has 9 heteroatoms. The molecular weight excluding hydrogens is 424 g/mol. The molecule has 4 rings (SSSR count). The fraction of sp³-hybridized carbons (Fsp3) is 0.125. The van der Waals surface area contributed by atoms with Crippen LogP contribution in [-0.4, -0.2) is 26.2 Å². The van der Waals surface area contributed by atoms with Crippen LogP contribution in [0.15, 0.2) is 59.4 Å². The zero-order valence-electron chi connectivity index (χ0n) is 17.8. The van der Waals surface area contributed by atoms with E-state index in [1.54, 1.807) is 38.2 Å². The van der Waals surface area contributed by atoms with Crippen LogP contribution in [0.5, 0.6) is 11.6 Å². The Morgan fingerprint density at radius 2 is 1.91 bits per heavy atom. The van der Waals surface area contributed by atoms with E-state index in [1.165, 1.54) is 34.9 Å². The Morgan fingerprint density at radius 3 is 2.55 bits per heavy atom. The molecule has 9 nitrogen and oxygen atoms in total. The van der Waals surface area contributed by atoms with Crippen LogP contribution in [0.3, 0.4) is 0 Å². The molecule has 4 aromatic rings. The molecule has 0 unspecified atom stereocenters. The number of non-ortho nitro benzene ring substituents is 1. The van der Waals surface area contributed by atoms with Crippen molar-refractivity contribution < 1.29 is 14.8 Å². The number of rotatable bonds is 5. The summed E-state index contributed by atoms with van der Waals surface area (Å²) in [5.74, 6) is -0.233. The monoisotopic (exact) mass is 442 g/mol. The van der Waals surface area contributed by atoms with E-state index in [1.807, 2.05) is 0 Å². The number of nitrogens with zero attached hydrogens (tertiary/aromatic N) is 4. The first-order chi connectivity index (χ1) is 15.9. The Hall–Kier alpha value is -4.71. The number of pyridine rings is 2. The largest absolute Gasteiger partial charge is 0.506 e. The number of ether oxygens (including phenoxy) is 1. The first-order valence-electron chi connectivity index (χ1n) is 10.0. The van der Waals surface area contributed by atoms with Crippen molar-refractivity contribution >= 4 is 16.6 Å². The summed E-state index contributed by atoms with van der Waals surface area (Å²) >= 11 is 0. The third kappa shape index (κ3) is 3.64. The van der Waals surface area contributed by atoms with Gasteiger partial charge < -0.3 is 14.4 Å². The molecule has 2 aromatic carbocycles. The number of nitriles is 1. The van der Waals surface area contributed by atoms with E-state index in [-0.39, 0.29) is 40.7 Å². The maximum absolute atomic E-state index is 13.2. The number of nitro benzene ring substituents is 1. The number of hydrogen-bond acceptors (Lipinski definition) is 7. The van der Waals surface area contributed by atoms with Gasteiger partial charge in [-0.25, -0.2) is 4.98 Å². The van der Waals surface area contributed by atoms with E-state index >= 15 is 0 Å². The second-order valence-electron chi connectivity index (χ2n) is 7.19. The average molecular weight is 442 g/mol. The third-order valence-electron chi connectivity index (χ3n) is 5.30. The summed E-state index contributed by atoms with van der Waals surface area (Å²) in [4.78, 5) is 28.1. The van der Waals surface area contributed by atoms with Gasteiger partial charge in [0.15, 0.2) is 0 Å². The molecule has 33 heavy (non-hydrogen) atoms. The molecule has 0 aliphatic heterocycles. The van der Waals surface area contributed by atoms with Crippen molar-refractivity contribution in [2.75, 3.05) is 6.61 Å². The van der Waals surface area contributed by atoms with Gasteiger partial charge in [-0.05, 0) is 42.8 Å². The van der Waals surface area contributed by atoms with Gasteiger partial charge in [-0.1, -0.05) is 12.1 Å². The predicted octanol–water partition coefficient (Wildman–Crippen LogP) is 4.15. The summed E-state index contributed by atoms with van der Waals surface area (Å²) in [5.41, 5.74) is 1.05. The number of aryl methyl sites for hydroxylation is 1. The van der Waals surface area contributed by atoms with Gasteiger partial charge in [0.2, 0.25) is 5.88 Å². The smallest absolute Gasteiger partial charge is 0.269 e. The lowest BCUT2D eigenvalue weighted by molar-refractivity contribution is -0.384. The van der Waals surface area contributed by atoms with Gasteiger partial charge in [0.05, 0.1) is 22.7 Å². The molecule has 0 radical (unpaired) electrons. The van der Waals surface area contributed by atoms with Crippen molar-refractivity contribution in [3.8, 4) is 40.1 Å². The van der Waals surface area contributed by atoms with Gasteiger partial charge in [0.1, 0.15) is 22.9 Å². The van der Waals surface area contributed by atoms with E-state index in [0.29, 0.717) is 22.0 Å². The van der Waals surface area contributed by atoms with E-state index in [9.17, 15) is 25.3 Å². The number of aromatic hydroxyl groups is 1. The number of benzene rings is 2. The van der Waals surface area contributed by atoms with Crippen molar-refractivity contribution in [2.24, 2.45) is 7.05 Å². The fourth-order valence-electron chi connectivity index (χ4n) is 3.70.